The fourth-order valence-corrected chi connectivity index (χ4v) is 2.91. The van der Waals surface area contributed by atoms with E-state index in [9.17, 15) is 4.79 Å². The number of benzene rings is 1. The van der Waals surface area contributed by atoms with Crippen molar-refractivity contribution in [3.05, 3.63) is 36.4 Å². The number of hydrogen-bond acceptors (Lipinski definition) is 4. The SMILES string of the molecule is C=CCN1CCCN(C(=O)c2ccc(OCC)c(OCC)c2)CC1. The zero-order chi connectivity index (χ0) is 17.4. The van der Waals surface area contributed by atoms with Gasteiger partial charge in [0.2, 0.25) is 0 Å². The maximum absolute atomic E-state index is 12.8. The van der Waals surface area contributed by atoms with Crippen molar-refractivity contribution in [3.8, 4) is 11.5 Å². The maximum atomic E-state index is 12.8. The van der Waals surface area contributed by atoms with E-state index in [4.69, 9.17) is 9.47 Å². The molecule has 0 spiro atoms. The number of amides is 1. The van der Waals surface area contributed by atoms with E-state index in [0.29, 0.717) is 30.3 Å². The van der Waals surface area contributed by atoms with E-state index in [-0.39, 0.29) is 5.91 Å². The molecule has 1 saturated heterocycles. The predicted octanol–water partition coefficient (Wildman–Crippen LogP) is 2.82. The minimum atomic E-state index is 0.0551. The Balaban J connectivity index is 2.10. The molecule has 0 radical (unpaired) electrons. The number of carbonyl (C=O) groups is 1. The van der Waals surface area contributed by atoms with Crippen LogP contribution in [-0.2, 0) is 0 Å². The van der Waals surface area contributed by atoms with Crippen LogP contribution >= 0.6 is 0 Å². The van der Waals surface area contributed by atoms with Crippen LogP contribution in [-0.4, -0.2) is 61.6 Å². The molecule has 1 aromatic rings. The van der Waals surface area contributed by atoms with Crippen molar-refractivity contribution in [1.82, 2.24) is 9.80 Å². The van der Waals surface area contributed by atoms with Crippen molar-refractivity contribution in [1.29, 1.82) is 0 Å². The van der Waals surface area contributed by atoms with E-state index in [1.165, 1.54) is 0 Å². The lowest BCUT2D eigenvalue weighted by Gasteiger charge is -2.22. The second kappa shape index (κ2) is 9.33. The summed E-state index contributed by atoms with van der Waals surface area (Å²) in [5.74, 6) is 1.37. The van der Waals surface area contributed by atoms with Crippen LogP contribution in [0.1, 0.15) is 30.6 Å². The van der Waals surface area contributed by atoms with E-state index in [2.05, 4.69) is 11.5 Å². The Bertz CT molecular complexity index is 560. The van der Waals surface area contributed by atoms with Crippen molar-refractivity contribution >= 4 is 5.91 Å². The fraction of sp³-hybridized carbons (Fsp3) is 0.526. The first-order valence-electron chi connectivity index (χ1n) is 8.71. The summed E-state index contributed by atoms with van der Waals surface area (Å²) in [6, 6.07) is 5.44. The molecule has 0 saturated carbocycles. The molecule has 0 bridgehead atoms. The van der Waals surface area contributed by atoms with Gasteiger partial charge in [-0.05, 0) is 38.5 Å². The molecule has 0 unspecified atom stereocenters. The van der Waals surface area contributed by atoms with E-state index in [1.807, 2.05) is 37.0 Å². The highest BCUT2D eigenvalue weighted by molar-refractivity contribution is 5.95. The summed E-state index contributed by atoms with van der Waals surface area (Å²) in [6.07, 6.45) is 2.90. The Kier molecular flexibility index (Phi) is 7.12. The lowest BCUT2D eigenvalue weighted by atomic mass is 10.1. The summed E-state index contributed by atoms with van der Waals surface area (Å²) in [7, 11) is 0. The van der Waals surface area contributed by atoms with Gasteiger partial charge in [-0.15, -0.1) is 6.58 Å². The molecular weight excluding hydrogens is 304 g/mol. The van der Waals surface area contributed by atoms with Crippen molar-refractivity contribution in [2.75, 3.05) is 45.9 Å². The third-order valence-corrected chi connectivity index (χ3v) is 4.05. The third kappa shape index (κ3) is 4.74. The molecule has 24 heavy (non-hydrogen) atoms. The summed E-state index contributed by atoms with van der Waals surface area (Å²) in [4.78, 5) is 17.1. The second-order valence-corrected chi connectivity index (χ2v) is 5.76. The van der Waals surface area contributed by atoms with Gasteiger partial charge in [0.1, 0.15) is 0 Å². The molecule has 0 aliphatic carbocycles. The summed E-state index contributed by atoms with van der Waals surface area (Å²) < 4.78 is 11.2. The topological polar surface area (TPSA) is 42.0 Å². The summed E-state index contributed by atoms with van der Waals surface area (Å²) >= 11 is 0. The highest BCUT2D eigenvalue weighted by Gasteiger charge is 2.21. The molecule has 5 heteroatoms. The summed E-state index contributed by atoms with van der Waals surface area (Å²) in [5, 5.41) is 0. The third-order valence-electron chi connectivity index (χ3n) is 4.05. The average Bonchev–Trinajstić information content (AvgIpc) is 2.82. The van der Waals surface area contributed by atoms with E-state index in [0.717, 1.165) is 39.1 Å². The molecule has 0 aromatic heterocycles. The number of rotatable bonds is 7. The van der Waals surface area contributed by atoms with E-state index >= 15 is 0 Å². The van der Waals surface area contributed by atoms with Gasteiger partial charge < -0.3 is 14.4 Å². The van der Waals surface area contributed by atoms with Crippen LogP contribution < -0.4 is 9.47 Å². The second-order valence-electron chi connectivity index (χ2n) is 5.76. The monoisotopic (exact) mass is 332 g/mol. The Hall–Kier alpha value is -2.01. The predicted molar refractivity (Wildman–Crippen MR) is 95.9 cm³/mol. The molecule has 2 rings (SSSR count). The van der Waals surface area contributed by atoms with Gasteiger partial charge in [-0.1, -0.05) is 6.08 Å². The molecule has 1 aliphatic rings. The molecule has 0 N–H and O–H groups in total. The van der Waals surface area contributed by atoms with E-state index in [1.54, 1.807) is 6.07 Å². The van der Waals surface area contributed by atoms with Crippen LogP contribution in [0.2, 0.25) is 0 Å². The van der Waals surface area contributed by atoms with Gasteiger partial charge >= 0.3 is 0 Å². The normalized spacial score (nSPS) is 15.7. The summed E-state index contributed by atoms with van der Waals surface area (Å²) in [6.45, 7) is 13.0. The molecule has 1 amide bonds. The van der Waals surface area contributed by atoms with Gasteiger partial charge in [-0.3, -0.25) is 9.69 Å². The Morgan fingerprint density at radius 2 is 1.88 bits per heavy atom. The van der Waals surface area contributed by atoms with Gasteiger partial charge in [-0.2, -0.15) is 0 Å². The van der Waals surface area contributed by atoms with Crippen LogP contribution in [0.4, 0.5) is 0 Å². The van der Waals surface area contributed by atoms with Gasteiger partial charge in [0.05, 0.1) is 13.2 Å². The zero-order valence-corrected chi connectivity index (χ0v) is 14.8. The molecule has 1 aromatic carbocycles. The van der Waals surface area contributed by atoms with Crippen LogP contribution in [0.25, 0.3) is 0 Å². The van der Waals surface area contributed by atoms with Crippen LogP contribution in [0, 0.1) is 0 Å². The van der Waals surface area contributed by atoms with Crippen molar-refractivity contribution in [2.24, 2.45) is 0 Å². The molecular formula is C19H28N2O3. The highest BCUT2D eigenvalue weighted by atomic mass is 16.5. The largest absolute Gasteiger partial charge is 0.490 e. The van der Waals surface area contributed by atoms with Crippen molar-refractivity contribution in [2.45, 2.75) is 20.3 Å². The quantitative estimate of drug-likeness (QED) is 0.720. The van der Waals surface area contributed by atoms with Crippen LogP contribution in [0.15, 0.2) is 30.9 Å². The zero-order valence-electron chi connectivity index (χ0n) is 14.8. The molecule has 0 atom stereocenters. The number of nitrogens with zero attached hydrogens (tertiary/aromatic N) is 2. The fourth-order valence-electron chi connectivity index (χ4n) is 2.91. The highest BCUT2D eigenvalue weighted by Crippen LogP contribution is 2.29. The maximum Gasteiger partial charge on any atom is 0.254 e. The molecule has 1 fully saturated rings. The minimum absolute atomic E-state index is 0.0551. The van der Waals surface area contributed by atoms with Gasteiger partial charge in [0.15, 0.2) is 11.5 Å². The molecule has 132 valence electrons. The average molecular weight is 332 g/mol. The summed E-state index contributed by atoms with van der Waals surface area (Å²) in [5.41, 5.74) is 0.652. The van der Waals surface area contributed by atoms with E-state index < -0.39 is 0 Å². The van der Waals surface area contributed by atoms with Gasteiger partial charge in [0.25, 0.3) is 5.91 Å². The van der Waals surface area contributed by atoms with Crippen LogP contribution in [0.3, 0.4) is 0 Å². The number of carbonyl (C=O) groups excluding carboxylic acids is 1. The molecule has 5 nitrogen and oxygen atoms in total. The lowest BCUT2D eigenvalue weighted by Crippen LogP contribution is -2.35. The Morgan fingerprint density at radius 3 is 2.58 bits per heavy atom. The number of hydrogen-bond donors (Lipinski definition) is 0. The molecule has 1 heterocycles. The Labute approximate surface area is 144 Å². The first-order valence-corrected chi connectivity index (χ1v) is 8.71. The van der Waals surface area contributed by atoms with Crippen molar-refractivity contribution in [3.63, 3.8) is 0 Å². The number of ether oxygens (including phenoxy) is 2. The van der Waals surface area contributed by atoms with Gasteiger partial charge in [0, 0.05) is 38.3 Å². The first kappa shape index (κ1) is 18.3. The van der Waals surface area contributed by atoms with Gasteiger partial charge in [-0.25, -0.2) is 0 Å². The van der Waals surface area contributed by atoms with Crippen LogP contribution in [0.5, 0.6) is 11.5 Å². The minimum Gasteiger partial charge on any atom is -0.490 e. The Morgan fingerprint density at radius 1 is 1.12 bits per heavy atom. The molecule has 1 aliphatic heterocycles. The standard InChI is InChI=1S/C19H28N2O3/c1-4-10-20-11-7-12-21(14-13-20)19(22)16-8-9-17(23-5-2)18(15-16)24-6-3/h4,8-9,15H,1,5-7,10-14H2,2-3H3. The van der Waals surface area contributed by atoms with Crippen molar-refractivity contribution < 1.29 is 14.3 Å². The lowest BCUT2D eigenvalue weighted by molar-refractivity contribution is 0.0761. The smallest absolute Gasteiger partial charge is 0.254 e. The first-order chi connectivity index (χ1) is 11.7.